The number of aromatic nitrogens is 3. The highest BCUT2D eigenvalue weighted by atomic mass is 16.5. The van der Waals surface area contributed by atoms with E-state index in [9.17, 15) is 4.79 Å². The number of carbonyl (C=O) groups is 1. The van der Waals surface area contributed by atoms with Crippen LogP contribution in [-0.4, -0.2) is 56.7 Å². The highest BCUT2D eigenvalue weighted by Gasteiger charge is 2.45. The number of likely N-dealkylation sites (tertiary alicyclic amines) is 1. The van der Waals surface area contributed by atoms with Crippen LogP contribution in [0.2, 0.25) is 0 Å². The summed E-state index contributed by atoms with van der Waals surface area (Å²) < 4.78 is 8.05. The van der Waals surface area contributed by atoms with Crippen molar-refractivity contribution in [2.24, 2.45) is 7.05 Å². The molecule has 2 saturated heterocycles. The lowest BCUT2D eigenvalue weighted by atomic mass is 9.88. The van der Waals surface area contributed by atoms with Crippen LogP contribution in [0.25, 0.3) is 0 Å². The number of hydrogen-bond acceptors (Lipinski definition) is 5. The molecule has 2 aliphatic rings. The van der Waals surface area contributed by atoms with Gasteiger partial charge in [0.05, 0.1) is 24.8 Å². The Kier molecular flexibility index (Phi) is 4.17. The van der Waals surface area contributed by atoms with Gasteiger partial charge >= 0.3 is 0 Å². The summed E-state index contributed by atoms with van der Waals surface area (Å²) in [5.74, 6) is 0.707. The summed E-state index contributed by atoms with van der Waals surface area (Å²) in [5, 5.41) is 3.34. The number of rotatable bonds is 3. The minimum atomic E-state index is -0.258. The molecule has 0 aromatic carbocycles. The standard InChI is InChI=1S/C18H23N5O2/c1-22-9-2-5-15(22)16(24)23-10-3-6-18(13-23)11-14(12-25-18)21-17-19-7-4-8-20-17/h2,4-5,7-9,14H,3,6,10-13H2,1H3,(H,19,20,21)/t14-,18-/m0/s1. The second-order valence-corrected chi connectivity index (χ2v) is 6.95. The third-order valence-corrected chi connectivity index (χ3v) is 5.10. The summed E-state index contributed by atoms with van der Waals surface area (Å²) in [7, 11) is 1.90. The van der Waals surface area contributed by atoms with Crippen molar-refractivity contribution in [1.29, 1.82) is 0 Å². The Bertz CT molecular complexity index is 747. The van der Waals surface area contributed by atoms with Crippen molar-refractivity contribution in [3.8, 4) is 0 Å². The fraction of sp³-hybridized carbons (Fsp3) is 0.500. The summed E-state index contributed by atoms with van der Waals surface area (Å²) in [6, 6.07) is 5.74. The maximum atomic E-state index is 12.8. The fourth-order valence-electron chi connectivity index (χ4n) is 3.89. The maximum Gasteiger partial charge on any atom is 0.270 e. The number of amides is 1. The number of anilines is 1. The Balaban J connectivity index is 1.42. The second-order valence-electron chi connectivity index (χ2n) is 6.95. The molecule has 1 spiro atoms. The number of carbonyl (C=O) groups excluding carboxylic acids is 1. The molecule has 2 atom stereocenters. The summed E-state index contributed by atoms with van der Waals surface area (Å²) in [5.41, 5.74) is 0.466. The van der Waals surface area contributed by atoms with E-state index in [2.05, 4.69) is 15.3 Å². The molecule has 4 heterocycles. The summed E-state index contributed by atoms with van der Waals surface area (Å²) in [6.45, 7) is 2.05. The minimum absolute atomic E-state index is 0.0815. The molecule has 4 rings (SSSR count). The Morgan fingerprint density at radius 2 is 2.20 bits per heavy atom. The molecule has 2 aliphatic heterocycles. The van der Waals surface area contributed by atoms with Crippen LogP contribution >= 0.6 is 0 Å². The van der Waals surface area contributed by atoms with E-state index >= 15 is 0 Å². The molecule has 0 bridgehead atoms. The van der Waals surface area contributed by atoms with Crippen molar-refractivity contribution in [2.45, 2.75) is 30.9 Å². The van der Waals surface area contributed by atoms with E-state index in [1.807, 2.05) is 34.8 Å². The van der Waals surface area contributed by atoms with Crippen LogP contribution in [0, 0.1) is 0 Å². The lowest BCUT2D eigenvalue weighted by Crippen LogP contribution is -2.50. The van der Waals surface area contributed by atoms with Gasteiger partial charge in [0.25, 0.3) is 5.91 Å². The van der Waals surface area contributed by atoms with Gasteiger partial charge < -0.3 is 19.5 Å². The third-order valence-electron chi connectivity index (χ3n) is 5.10. The predicted octanol–water partition coefficient (Wildman–Crippen LogP) is 1.69. The molecule has 7 nitrogen and oxygen atoms in total. The summed E-state index contributed by atoms with van der Waals surface area (Å²) >= 11 is 0. The van der Waals surface area contributed by atoms with Gasteiger partial charge in [0.2, 0.25) is 5.95 Å². The van der Waals surface area contributed by atoms with Crippen LogP contribution < -0.4 is 5.32 Å². The first-order valence-corrected chi connectivity index (χ1v) is 8.73. The number of nitrogens with one attached hydrogen (secondary N) is 1. The van der Waals surface area contributed by atoms with Gasteiger partial charge in [0.1, 0.15) is 5.69 Å². The average molecular weight is 341 g/mol. The Morgan fingerprint density at radius 3 is 2.96 bits per heavy atom. The smallest absolute Gasteiger partial charge is 0.270 e. The largest absolute Gasteiger partial charge is 0.371 e. The zero-order chi connectivity index (χ0) is 17.3. The molecule has 0 radical (unpaired) electrons. The van der Waals surface area contributed by atoms with E-state index in [0.717, 1.165) is 31.5 Å². The first kappa shape index (κ1) is 16.1. The van der Waals surface area contributed by atoms with Crippen LogP contribution in [0.4, 0.5) is 5.95 Å². The monoisotopic (exact) mass is 341 g/mol. The van der Waals surface area contributed by atoms with Crippen LogP contribution in [0.15, 0.2) is 36.8 Å². The van der Waals surface area contributed by atoms with Gasteiger partial charge in [0, 0.05) is 38.6 Å². The molecule has 2 fully saturated rings. The van der Waals surface area contributed by atoms with Crippen LogP contribution in [-0.2, 0) is 11.8 Å². The Hall–Kier alpha value is -2.41. The van der Waals surface area contributed by atoms with Gasteiger partial charge in [-0.1, -0.05) is 0 Å². The number of nitrogens with zero attached hydrogens (tertiary/aromatic N) is 4. The molecule has 2 aromatic rings. The van der Waals surface area contributed by atoms with E-state index in [1.54, 1.807) is 18.5 Å². The number of hydrogen-bond donors (Lipinski definition) is 1. The fourth-order valence-corrected chi connectivity index (χ4v) is 3.89. The first-order valence-electron chi connectivity index (χ1n) is 8.73. The van der Waals surface area contributed by atoms with E-state index in [1.165, 1.54) is 0 Å². The maximum absolute atomic E-state index is 12.8. The quantitative estimate of drug-likeness (QED) is 0.920. The lowest BCUT2D eigenvalue weighted by Gasteiger charge is -2.39. The minimum Gasteiger partial charge on any atom is -0.371 e. The van der Waals surface area contributed by atoms with Crippen LogP contribution in [0.5, 0.6) is 0 Å². The Morgan fingerprint density at radius 1 is 1.36 bits per heavy atom. The second kappa shape index (κ2) is 6.48. The normalized spacial score (nSPS) is 26.1. The van der Waals surface area contributed by atoms with Crippen LogP contribution in [0.1, 0.15) is 29.8 Å². The molecule has 1 N–H and O–H groups in total. The first-order chi connectivity index (χ1) is 12.2. The summed E-state index contributed by atoms with van der Waals surface area (Å²) in [4.78, 5) is 23.2. The Labute approximate surface area is 147 Å². The lowest BCUT2D eigenvalue weighted by molar-refractivity contribution is -0.0449. The van der Waals surface area contributed by atoms with Gasteiger partial charge in [-0.25, -0.2) is 9.97 Å². The highest BCUT2D eigenvalue weighted by Crippen LogP contribution is 2.36. The van der Waals surface area contributed by atoms with Crippen LogP contribution in [0.3, 0.4) is 0 Å². The van der Waals surface area contributed by atoms with Crippen molar-refractivity contribution >= 4 is 11.9 Å². The molecule has 0 aliphatic carbocycles. The zero-order valence-electron chi connectivity index (χ0n) is 14.4. The third kappa shape index (κ3) is 3.24. The van der Waals surface area contributed by atoms with Crippen molar-refractivity contribution in [2.75, 3.05) is 25.0 Å². The van der Waals surface area contributed by atoms with Crippen molar-refractivity contribution in [3.05, 3.63) is 42.5 Å². The van der Waals surface area contributed by atoms with Gasteiger partial charge in [-0.05, 0) is 31.0 Å². The van der Waals surface area contributed by atoms with Crippen molar-refractivity contribution in [1.82, 2.24) is 19.4 Å². The zero-order valence-corrected chi connectivity index (χ0v) is 14.4. The molecule has 25 heavy (non-hydrogen) atoms. The molecule has 1 amide bonds. The molecule has 0 unspecified atom stereocenters. The molecule has 0 saturated carbocycles. The van der Waals surface area contributed by atoms with Gasteiger partial charge in [-0.3, -0.25) is 4.79 Å². The highest BCUT2D eigenvalue weighted by molar-refractivity contribution is 5.92. The van der Waals surface area contributed by atoms with E-state index in [4.69, 9.17) is 4.74 Å². The molecular formula is C18H23N5O2. The average Bonchev–Trinajstić information content (AvgIpc) is 3.22. The van der Waals surface area contributed by atoms with Gasteiger partial charge in [-0.15, -0.1) is 0 Å². The number of aryl methyl sites for hydroxylation is 1. The van der Waals surface area contributed by atoms with E-state index in [0.29, 0.717) is 19.1 Å². The number of ether oxygens (including phenoxy) is 1. The molecular weight excluding hydrogens is 318 g/mol. The van der Waals surface area contributed by atoms with Gasteiger partial charge in [0.15, 0.2) is 0 Å². The molecule has 2 aromatic heterocycles. The van der Waals surface area contributed by atoms with Gasteiger partial charge in [-0.2, -0.15) is 0 Å². The predicted molar refractivity (Wildman–Crippen MR) is 93.3 cm³/mol. The molecule has 7 heteroatoms. The summed E-state index contributed by atoms with van der Waals surface area (Å²) in [6.07, 6.45) is 8.16. The van der Waals surface area contributed by atoms with Crippen molar-refractivity contribution in [3.63, 3.8) is 0 Å². The van der Waals surface area contributed by atoms with E-state index in [-0.39, 0.29) is 17.6 Å². The molecule has 132 valence electrons. The number of piperidine rings is 1. The van der Waals surface area contributed by atoms with E-state index < -0.39 is 0 Å². The topological polar surface area (TPSA) is 72.3 Å². The van der Waals surface area contributed by atoms with Crippen molar-refractivity contribution < 1.29 is 9.53 Å². The SMILES string of the molecule is Cn1cccc1C(=O)N1CCC[C@]2(C[C@H](Nc3ncccn3)CO2)C1.